The summed E-state index contributed by atoms with van der Waals surface area (Å²) in [5.74, 6) is 0. The van der Waals surface area contributed by atoms with Gasteiger partial charge in [-0.2, -0.15) is 0 Å². The van der Waals surface area contributed by atoms with Crippen LogP contribution in [0.1, 0.15) is 52.0 Å². The van der Waals surface area contributed by atoms with Gasteiger partial charge in [0.2, 0.25) is 0 Å². The van der Waals surface area contributed by atoms with E-state index in [1.807, 2.05) is 39.4 Å². The van der Waals surface area contributed by atoms with Crippen molar-refractivity contribution in [2.45, 2.75) is 58.7 Å². The van der Waals surface area contributed by atoms with Crippen LogP contribution in [-0.2, 0) is 4.74 Å². The summed E-state index contributed by atoms with van der Waals surface area (Å²) in [6.07, 6.45) is 2.37. The second kappa shape index (κ2) is 7.59. The van der Waals surface area contributed by atoms with Crippen LogP contribution in [0.2, 0.25) is 0 Å². The highest BCUT2D eigenvalue weighted by atomic mass is 32.1. The molecule has 0 bridgehead atoms. The average molecular weight is 299 g/mol. The fourth-order valence-corrected chi connectivity index (χ4v) is 2.29. The van der Waals surface area contributed by atoms with Crippen molar-refractivity contribution in [1.82, 2.24) is 15.6 Å². The molecule has 2 unspecified atom stereocenters. The molecule has 0 aliphatic carbocycles. The van der Waals surface area contributed by atoms with E-state index in [0.717, 1.165) is 13.0 Å². The summed E-state index contributed by atoms with van der Waals surface area (Å²) in [4.78, 5) is 16.9. The van der Waals surface area contributed by atoms with Gasteiger partial charge in [0.05, 0.1) is 5.51 Å². The number of thiazole rings is 1. The second-order valence-corrected chi connectivity index (χ2v) is 6.83. The van der Waals surface area contributed by atoms with E-state index in [1.54, 1.807) is 11.3 Å². The number of nitrogens with zero attached hydrogens (tertiary/aromatic N) is 1. The third kappa shape index (κ3) is 6.86. The SMILES string of the molecule is CC(CCNC(C)c1cncs1)NC(=O)OC(C)(C)C. The quantitative estimate of drug-likeness (QED) is 0.847. The predicted molar refractivity (Wildman–Crippen MR) is 82.0 cm³/mol. The molecule has 6 heteroatoms. The standard InChI is InChI=1S/C14H25N3O2S/c1-10(17-13(18)19-14(3,4)5)6-7-16-11(2)12-8-15-9-20-12/h8-11,16H,6-7H2,1-5H3,(H,17,18). The lowest BCUT2D eigenvalue weighted by Crippen LogP contribution is -2.39. The Morgan fingerprint density at radius 2 is 2.15 bits per heavy atom. The molecule has 0 radical (unpaired) electrons. The van der Waals surface area contributed by atoms with Gasteiger partial charge in [-0.15, -0.1) is 11.3 Å². The number of nitrogens with one attached hydrogen (secondary N) is 2. The second-order valence-electron chi connectivity index (χ2n) is 5.92. The Kier molecular flexibility index (Phi) is 6.42. The van der Waals surface area contributed by atoms with Crippen molar-refractivity contribution in [2.75, 3.05) is 6.54 Å². The van der Waals surface area contributed by atoms with E-state index >= 15 is 0 Å². The van der Waals surface area contributed by atoms with Crippen LogP contribution >= 0.6 is 11.3 Å². The smallest absolute Gasteiger partial charge is 0.407 e. The lowest BCUT2D eigenvalue weighted by Gasteiger charge is -2.22. The Morgan fingerprint density at radius 3 is 2.70 bits per heavy atom. The normalized spacial score (nSPS) is 14.7. The van der Waals surface area contributed by atoms with E-state index in [1.165, 1.54) is 4.88 Å². The number of alkyl carbamates (subject to hydrolysis) is 1. The summed E-state index contributed by atoms with van der Waals surface area (Å²) < 4.78 is 5.22. The topological polar surface area (TPSA) is 63.2 Å². The van der Waals surface area contributed by atoms with Gasteiger partial charge in [0, 0.05) is 23.2 Å². The first-order chi connectivity index (χ1) is 9.28. The Balaban J connectivity index is 2.20. The zero-order chi connectivity index (χ0) is 15.2. The summed E-state index contributed by atoms with van der Waals surface area (Å²) in [5, 5.41) is 6.25. The number of carbonyl (C=O) groups excluding carboxylic acids is 1. The number of hydrogen-bond acceptors (Lipinski definition) is 5. The van der Waals surface area contributed by atoms with Crippen LogP contribution in [0.5, 0.6) is 0 Å². The average Bonchev–Trinajstić information content (AvgIpc) is 2.78. The number of aromatic nitrogens is 1. The van der Waals surface area contributed by atoms with Crippen LogP contribution in [-0.4, -0.2) is 29.3 Å². The molecule has 2 atom stereocenters. The Bertz CT molecular complexity index is 401. The zero-order valence-corrected chi connectivity index (χ0v) is 13.7. The first-order valence-electron chi connectivity index (χ1n) is 6.89. The number of carbonyl (C=O) groups is 1. The van der Waals surface area contributed by atoms with Gasteiger partial charge in [0.15, 0.2) is 0 Å². The molecule has 1 amide bonds. The molecule has 0 aliphatic rings. The van der Waals surface area contributed by atoms with Crippen molar-refractivity contribution in [1.29, 1.82) is 0 Å². The highest BCUT2D eigenvalue weighted by Gasteiger charge is 2.17. The third-order valence-electron chi connectivity index (χ3n) is 2.67. The van der Waals surface area contributed by atoms with E-state index in [2.05, 4.69) is 22.5 Å². The molecule has 0 saturated heterocycles. The van der Waals surface area contributed by atoms with Crippen molar-refractivity contribution in [3.8, 4) is 0 Å². The summed E-state index contributed by atoms with van der Waals surface area (Å²) in [6, 6.07) is 0.363. The van der Waals surface area contributed by atoms with Gasteiger partial charge in [-0.25, -0.2) is 4.79 Å². The van der Waals surface area contributed by atoms with Crippen LogP contribution in [0.3, 0.4) is 0 Å². The van der Waals surface area contributed by atoms with Gasteiger partial charge < -0.3 is 15.4 Å². The van der Waals surface area contributed by atoms with E-state index in [0.29, 0.717) is 0 Å². The molecule has 1 aromatic rings. The van der Waals surface area contributed by atoms with Gasteiger partial charge in [-0.05, 0) is 47.6 Å². The summed E-state index contributed by atoms with van der Waals surface area (Å²) in [5.41, 5.74) is 1.38. The van der Waals surface area contributed by atoms with Crippen LogP contribution in [0.4, 0.5) is 4.79 Å². The summed E-state index contributed by atoms with van der Waals surface area (Å²) in [6.45, 7) is 10.5. The van der Waals surface area contributed by atoms with E-state index in [4.69, 9.17) is 4.74 Å². The molecular formula is C14H25N3O2S. The van der Waals surface area contributed by atoms with Gasteiger partial charge in [-0.3, -0.25) is 4.98 Å². The van der Waals surface area contributed by atoms with Crippen molar-refractivity contribution in [3.63, 3.8) is 0 Å². The minimum Gasteiger partial charge on any atom is -0.444 e. The van der Waals surface area contributed by atoms with Gasteiger partial charge in [0.1, 0.15) is 5.60 Å². The van der Waals surface area contributed by atoms with Crippen LogP contribution in [0.25, 0.3) is 0 Å². The third-order valence-corrected chi connectivity index (χ3v) is 3.63. The largest absolute Gasteiger partial charge is 0.444 e. The molecule has 0 saturated carbocycles. The van der Waals surface area contributed by atoms with Gasteiger partial charge >= 0.3 is 6.09 Å². The van der Waals surface area contributed by atoms with Crippen molar-refractivity contribution in [3.05, 3.63) is 16.6 Å². The molecule has 5 nitrogen and oxygen atoms in total. The Labute approximate surface area is 125 Å². The number of ether oxygens (including phenoxy) is 1. The fraction of sp³-hybridized carbons (Fsp3) is 0.714. The van der Waals surface area contributed by atoms with Crippen molar-refractivity contribution >= 4 is 17.4 Å². The minimum atomic E-state index is -0.456. The number of hydrogen-bond donors (Lipinski definition) is 2. The highest BCUT2D eigenvalue weighted by molar-refractivity contribution is 7.09. The lowest BCUT2D eigenvalue weighted by atomic mass is 10.2. The Morgan fingerprint density at radius 1 is 1.45 bits per heavy atom. The number of rotatable bonds is 6. The molecule has 20 heavy (non-hydrogen) atoms. The highest BCUT2D eigenvalue weighted by Crippen LogP contribution is 2.16. The molecule has 2 N–H and O–H groups in total. The maximum absolute atomic E-state index is 11.6. The molecular weight excluding hydrogens is 274 g/mol. The Hall–Kier alpha value is -1.14. The molecule has 114 valence electrons. The first-order valence-corrected chi connectivity index (χ1v) is 7.77. The summed E-state index contributed by atoms with van der Waals surface area (Å²) in [7, 11) is 0. The van der Waals surface area contributed by atoms with Crippen LogP contribution < -0.4 is 10.6 Å². The number of amides is 1. The van der Waals surface area contributed by atoms with E-state index in [9.17, 15) is 4.79 Å². The first kappa shape index (κ1) is 16.9. The molecule has 0 spiro atoms. The monoisotopic (exact) mass is 299 g/mol. The molecule has 0 aliphatic heterocycles. The van der Waals surface area contributed by atoms with E-state index < -0.39 is 5.60 Å². The summed E-state index contributed by atoms with van der Waals surface area (Å²) >= 11 is 1.64. The fourth-order valence-electron chi connectivity index (χ4n) is 1.64. The van der Waals surface area contributed by atoms with Gasteiger partial charge in [0.25, 0.3) is 0 Å². The zero-order valence-electron chi connectivity index (χ0n) is 12.9. The predicted octanol–water partition coefficient (Wildman–Crippen LogP) is 3.10. The lowest BCUT2D eigenvalue weighted by molar-refractivity contribution is 0.0506. The van der Waals surface area contributed by atoms with Gasteiger partial charge in [-0.1, -0.05) is 0 Å². The molecule has 0 aromatic carbocycles. The molecule has 1 aromatic heterocycles. The van der Waals surface area contributed by atoms with Crippen molar-refractivity contribution in [2.24, 2.45) is 0 Å². The van der Waals surface area contributed by atoms with E-state index in [-0.39, 0.29) is 18.2 Å². The van der Waals surface area contributed by atoms with Crippen LogP contribution in [0, 0.1) is 0 Å². The molecule has 0 fully saturated rings. The maximum atomic E-state index is 11.6. The molecule has 1 heterocycles. The molecule has 1 rings (SSSR count). The minimum absolute atomic E-state index is 0.0750. The van der Waals surface area contributed by atoms with Crippen LogP contribution in [0.15, 0.2) is 11.7 Å². The maximum Gasteiger partial charge on any atom is 0.407 e. The van der Waals surface area contributed by atoms with Crippen molar-refractivity contribution < 1.29 is 9.53 Å².